The third-order valence-corrected chi connectivity index (χ3v) is 6.70. The Morgan fingerprint density at radius 2 is 2.00 bits per heavy atom. The molecular formula is C21H30N6O3. The van der Waals surface area contributed by atoms with Crippen LogP contribution in [0.1, 0.15) is 60.0 Å². The smallest absolute Gasteiger partial charge is 0.269 e. The van der Waals surface area contributed by atoms with Crippen LogP contribution in [-0.4, -0.2) is 62.1 Å². The summed E-state index contributed by atoms with van der Waals surface area (Å²) in [7, 11) is 1.77. The molecule has 2 aromatic rings. The fraction of sp³-hybridized carbons (Fsp3) is 0.714. The lowest BCUT2D eigenvalue weighted by molar-refractivity contribution is 0.0613. The molecule has 3 fully saturated rings. The SMILES string of the molecule is Cc1cc(C(=O)N[C@H]2CO[C@H]3[C@@H]2OC[C@@H]3n2cc(CC3CCCCC3)nn2)n(C)n1. The van der Waals surface area contributed by atoms with E-state index in [4.69, 9.17) is 9.47 Å². The third-order valence-electron chi connectivity index (χ3n) is 6.70. The summed E-state index contributed by atoms with van der Waals surface area (Å²) >= 11 is 0. The molecule has 2 aromatic heterocycles. The predicted octanol–water partition coefficient (Wildman–Crippen LogP) is 1.58. The predicted molar refractivity (Wildman–Crippen MR) is 108 cm³/mol. The van der Waals surface area contributed by atoms with Crippen molar-refractivity contribution in [3.05, 3.63) is 29.3 Å². The molecule has 0 bridgehead atoms. The van der Waals surface area contributed by atoms with E-state index in [9.17, 15) is 4.79 Å². The summed E-state index contributed by atoms with van der Waals surface area (Å²) in [5.74, 6) is 0.573. The zero-order valence-corrected chi connectivity index (χ0v) is 17.7. The Balaban J connectivity index is 1.21. The highest BCUT2D eigenvalue weighted by molar-refractivity contribution is 5.92. The van der Waals surface area contributed by atoms with Crippen molar-refractivity contribution in [1.29, 1.82) is 0 Å². The van der Waals surface area contributed by atoms with E-state index in [0.717, 1.165) is 23.7 Å². The summed E-state index contributed by atoms with van der Waals surface area (Å²) in [6, 6.07) is 1.58. The monoisotopic (exact) mass is 414 g/mol. The molecule has 1 aliphatic carbocycles. The van der Waals surface area contributed by atoms with Gasteiger partial charge in [0.25, 0.3) is 5.91 Å². The third kappa shape index (κ3) is 3.76. The van der Waals surface area contributed by atoms with Gasteiger partial charge in [-0.15, -0.1) is 5.10 Å². The fourth-order valence-electron chi connectivity index (χ4n) is 5.15. The van der Waals surface area contributed by atoms with E-state index in [1.807, 2.05) is 11.6 Å². The van der Waals surface area contributed by atoms with Gasteiger partial charge in [-0.1, -0.05) is 37.3 Å². The highest BCUT2D eigenvalue weighted by Gasteiger charge is 2.49. The van der Waals surface area contributed by atoms with Gasteiger partial charge >= 0.3 is 0 Å². The van der Waals surface area contributed by atoms with Crippen molar-refractivity contribution < 1.29 is 14.3 Å². The Kier molecular flexibility index (Phi) is 5.32. The quantitative estimate of drug-likeness (QED) is 0.798. The zero-order valence-electron chi connectivity index (χ0n) is 17.7. The number of aromatic nitrogens is 5. The van der Waals surface area contributed by atoms with E-state index in [0.29, 0.717) is 18.9 Å². The molecule has 1 N–H and O–H groups in total. The summed E-state index contributed by atoms with van der Waals surface area (Å²) in [6.07, 6.45) is 9.36. The lowest BCUT2D eigenvalue weighted by Crippen LogP contribution is -2.44. The van der Waals surface area contributed by atoms with Gasteiger partial charge in [0, 0.05) is 13.2 Å². The van der Waals surface area contributed by atoms with Crippen LogP contribution in [-0.2, 0) is 22.9 Å². The average Bonchev–Trinajstić information content (AvgIpc) is 3.49. The Hall–Kier alpha value is -2.26. The molecule has 0 radical (unpaired) electrons. The molecule has 4 atom stereocenters. The van der Waals surface area contributed by atoms with E-state index < -0.39 is 0 Å². The average molecular weight is 415 g/mol. The van der Waals surface area contributed by atoms with Gasteiger partial charge in [-0.25, -0.2) is 4.68 Å². The van der Waals surface area contributed by atoms with Gasteiger partial charge in [0.2, 0.25) is 0 Å². The lowest BCUT2D eigenvalue weighted by atomic mass is 9.86. The number of carbonyl (C=O) groups excluding carboxylic acids is 1. The molecule has 2 aliphatic heterocycles. The van der Waals surface area contributed by atoms with Crippen LogP contribution in [0.4, 0.5) is 0 Å². The summed E-state index contributed by atoms with van der Waals surface area (Å²) in [4.78, 5) is 12.7. The molecule has 1 saturated carbocycles. The van der Waals surface area contributed by atoms with E-state index in [1.54, 1.807) is 17.8 Å². The molecule has 9 nitrogen and oxygen atoms in total. The number of hydrogen-bond donors (Lipinski definition) is 1. The van der Waals surface area contributed by atoms with Gasteiger partial charge in [0.15, 0.2) is 0 Å². The molecular weight excluding hydrogens is 384 g/mol. The maximum atomic E-state index is 12.7. The van der Waals surface area contributed by atoms with Gasteiger partial charge in [-0.05, 0) is 25.3 Å². The number of nitrogens with one attached hydrogen (secondary N) is 1. The lowest BCUT2D eigenvalue weighted by Gasteiger charge is -2.20. The number of hydrogen-bond acceptors (Lipinski definition) is 6. The Bertz CT molecular complexity index is 902. The van der Waals surface area contributed by atoms with Crippen molar-refractivity contribution in [1.82, 2.24) is 30.1 Å². The van der Waals surface area contributed by atoms with Crippen molar-refractivity contribution in [3.63, 3.8) is 0 Å². The molecule has 4 heterocycles. The van der Waals surface area contributed by atoms with Crippen LogP contribution in [0.3, 0.4) is 0 Å². The minimum absolute atomic E-state index is 0.0107. The van der Waals surface area contributed by atoms with Crippen molar-refractivity contribution in [2.24, 2.45) is 13.0 Å². The number of ether oxygens (including phenoxy) is 2. The van der Waals surface area contributed by atoms with Crippen LogP contribution in [0.15, 0.2) is 12.3 Å². The maximum absolute atomic E-state index is 12.7. The highest BCUT2D eigenvalue weighted by Crippen LogP contribution is 2.34. The van der Waals surface area contributed by atoms with E-state index >= 15 is 0 Å². The van der Waals surface area contributed by atoms with Crippen molar-refractivity contribution in [3.8, 4) is 0 Å². The molecule has 9 heteroatoms. The van der Waals surface area contributed by atoms with Crippen molar-refractivity contribution >= 4 is 5.91 Å². The fourth-order valence-corrected chi connectivity index (χ4v) is 5.15. The number of carbonyl (C=O) groups is 1. The molecule has 0 unspecified atom stereocenters. The van der Waals surface area contributed by atoms with Gasteiger partial charge in [-0.2, -0.15) is 5.10 Å². The van der Waals surface area contributed by atoms with Gasteiger partial charge < -0.3 is 14.8 Å². The van der Waals surface area contributed by atoms with Crippen LogP contribution in [0.25, 0.3) is 0 Å². The van der Waals surface area contributed by atoms with Crippen LogP contribution in [0.5, 0.6) is 0 Å². The Morgan fingerprint density at radius 3 is 2.77 bits per heavy atom. The van der Waals surface area contributed by atoms with Crippen LogP contribution < -0.4 is 5.32 Å². The van der Waals surface area contributed by atoms with Crippen LogP contribution in [0, 0.1) is 12.8 Å². The minimum Gasteiger partial charge on any atom is -0.371 e. The van der Waals surface area contributed by atoms with E-state index in [-0.39, 0.29) is 30.2 Å². The number of aryl methyl sites for hydroxylation is 2. The molecule has 5 rings (SSSR count). The van der Waals surface area contributed by atoms with Gasteiger partial charge in [-0.3, -0.25) is 9.48 Å². The first-order valence-electron chi connectivity index (χ1n) is 11.0. The number of rotatable bonds is 5. The van der Waals surface area contributed by atoms with Crippen molar-refractivity contribution in [2.45, 2.75) is 69.7 Å². The number of fused-ring (bicyclic) bond motifs is 1. The molecule has 2 saturated heterocycles. The summed E-state index contributed by atoms with van der Waals surface area (Å²) in [5, 5.41) is 16.1. The molecule has 162 valence electrons. The first kappa shape index (κ1) is 19.7. The van der Waals surface area contributed by atoms with E-state index in [2.05, 4.69) is 26.9 Å². The zero-order chi connectivity index (χ0) is 20.7. The summed E-state index contributed by atoms with van der Waals surface area (Å²) in [6.45, 7) is 2.81. The first-order valence-corrected chi connectivity index (χ1v) is 11.0. The van der Waals surface area contributed by atoms with Crippen molar-refractivity contribution in [2.75, 3.05) is 13.2 Å². The second-order valence-electron chi connectivity index (χ2n) is 8.94. The van der Waals surface area contributed by atoms with E-state index in [1.165, 1.54) is 32.1 Å². The first-order chi connectivity index (χ1) is 14.6. The van der Waals surface area contributed by atoms with Gasteiger partial charge in [0.05, 0.1) is 30.6 Å². The highest BCUT2D eigenvalue weighted by atomic mass is 16.6. The normalized spacial score (nSPS) is 29.3. The number of amides is 1. The van der Waals surface area contributed by atoms with Crippen LogP contribution in [0.2, 0.25) is 0 Å². The molecule has 30 heavy (non-hydrogen) atoms. The second-order valence-corrected chi connectivity index (χ2v) is 8.94. The standard InChI is InChI=1S/C21H30N6O3/c1-13-8-17(26(2)24-13)21(28)22-16-11-29-20-18(12-30-19(16)20)27-10-15(23-25-27)9-14-6-4-3-5-7-14/h8,10,14,16,18-20H,3-7,9,11-12H2,1-2H3,(H,22,28)/t16-,18-,19+,20+/m0/s1. The number of nitrogens with zero attached hydrogens (tertiary/aromatic N) is 5. The van der Waals surface area contributed by atoms with Gasteiger partial charge in [0.1, 0.15) is 23.9 Å². The second kappa shape index (κ2) is 8.11. The topological polar surface area (TPSA) is 96.1 Å². The Morgan fingerprint density at radius 1 is 1.20 bits per heavy atom. The minimum atomic E-state index is -0.187. The summed E-state index contributed by atoms with van der Waals surface area (Å²) < 4.78 is 15.6. The maximum Gasteiger partial charge on any atom is 0.269 e. The Labute approximate surface area is 176 Å². The summed E-state index contributed by atoms with van der Waals surface area (Å²) in [5.41, 5.74) is 2.41. The molecule has 1 amide bonds. The molecule has 3 aliphatic rings. The molecule has 0 spiro atoms. The molecule has 0 aromatic carbocycles. The largest absolute Gasteiger partial charge is 0.371 e. The van der Waals surface area contributed by atoms with Crippen LogP contribution >= 0.6 is 0 Å².